The number of carboxylic acids is 2. The van der Waals surface area contributed by atoms with Crippen molar-refractivity contribution in [3.05, 3.63) is 132 Å². The number of phenolic OH excluding ortho intramolecular Hbond substituents is 3. The second-order valence-corrected chi connectivity index (χ2v) is 33.5. The van der Waals surface area contributed by atoms with E-state index in [1.165, 1.54) is 0 Å². The Morgan fingerprint density at radius 2 is 0.658 bits per heavy atom. The summed E-state index contributed by atoms with van der Waals surface area (Å²) in [5.41, 5.74) is 2.40. The summed E-state index contributed by atoms with van der Waals surface area (Å²) >= 11 is 25.4. The van der Waals surface area contributed by atoms with Gasteiger partial charge in [0.05, 0.1) is 62.1 Å². The van der Waals surface area contributed by atoms with Crippen LogP contribution in [0.2, 0.25) is 5.04 Å². The highest BCUT2D eigenvalue weighted by molar-refractivity contribution is 14.1. The molecule has 0 aliphatic carbocycles. The van der Waals surface area contributed by atoms with E-state index in [9.17, 15) is 29.7 Å². The SMILES string of the molecule is CC(C)C([SiH2]OC(=O)Cc1cc(I)c(Oc2cc(I)c(O)c(I)c2)c(I)c1)(C(C)C)C(C)C.O=C(O)Cc1cc(I)c(Oc2cc(I)c(O)c(I)c2)c(I)c1.O=C(O)Cc1cc(I)c(Oc2cc(I)c(O)c(I)c2)c(I)c1.[2H]CC. The largest absolute Gasteiger partial charge is 0.524 e. The molecule has 12 nitrogen and oxygen atoms in total. The van der Waals surface area contributed by atoms with E-state index in [-0.39, 0.29) is 47.5 Å². The highest BCUT2D eigenvalue weighted by Gasteiger charge is 2.42. The second-order valence-electron chi connectivity index (χ2n) is 17.7. The molecule has 0 aromatic heterocycles. The summed E-state index contributed by atoms with van der Waals surface area (Å²) in [6, 6.07) is 21.9. The van der Waals surface area contributed by atoms with Crippen LogP contribution in [0.25, 0.3) is 0 Å². The molecule has 79 heavy (non-hydrogen) atoms. The van der Waals surface area contributed by atoms with Gasteiger partial charge in [-0.15, -0.1) is 0 Å². The minimum absolute atomic E-state index is 0.0126. The number of hydrogen-bond acceptors (Lipinski definition) is 10. The lowest BCUT2D eigenvalue weighted by Gasteiger charge is -2.44. The summed E-state index contributed by atoms with van der Waals surface area (Å²) < 4.78 is 39.8. The van der Waals surface area contributed by atoms with Crippen LogP contribution < -0.4 is 14.2 Å². The Labute approximate surface area is 628 Å². The van der Waals surface area contributed by atoms with Crippen LogP contribution in [0.15, 0.2) is 72.8 Å². The van der Waals surface area contributed by atoms with E-state index < -0.39 is 21.7 Å². The number of phenols is 3. The van der Waals surface area contributed by atoms with Gasteiger partial charge < -0.3 is 44.2 Å². The van der Waals surface area contributed by atoms with Gasteiger partial charge in [0, 0.05) is 6.41 Å². The number of halogens is 12. The lowest BCUT2D eigenvalue weighted by atomic mass is 9.76. The van der Waals surface area contributed by atoms with Crippen molar-refractivity contribution in [2.75, 3.05) is 0 Å². The fourth-order valence-corrected chi connectivity index (χ4v) is 20.9. The third-order valence-electron chi connectivity index (χ3n) is 11.6. The van der Waals surface area contributed by atoms with Crippen molar-refractivity contribution >= 4 is 299 Å². The maximum Gasteiger partial charge on any atom is 0.307 e. The molecule has 0 saturated carbocycles. The molecule has 0 unspecified atom stereocenters. The topological polar surface area (TPSA) is 189 Å². The number of carbonyl (C=O) groups is 3. The van der Waals surface area contributed by atoms with Gasteiger partial charge in [-0.2, -0.15) is 0 Å². The molecule has 6 aromatic rings. The Balaban J connectivity index is 0.000000316. The predicted molar refractivity (Wildman–Crippen MR) is 416 cm³/mol. The van der Waals surface area contributed by atoms with Crippen LogP contribution in [-0.2, 0) is 38.1 Å². The van der Waals surface area contributed by atoms with Crippen molar-refractivity contribution in [2.24, 2.45) is 17.8 Å². The van der Waals surface area contributed by atoms with Gasteiger partial charge in [0.1, 0.15) is 34.5 Å². The first-order valence-electron chi connectivity index (χ1n) is 23.9. The number of benzene rings is 6. The molecular weight excluding hydrogens is 2390 g/mol. The van der Waals surface area contributed by atoms with E-state index in [1.807, 2.05) is 48.5 Å². The summed E-state index contributed by atoms with van der Waals surface area (Å²) in [5.74, 6) is 4.38. The molecule has 6 aromatic carbocycles. The van der Waals surface area contributed by atoms with Crippen molar-refractivity contribution in [1.29, 1.82) is 0 Å². The molecule has 25 heteroatoms. The molecule has 0 bridgehead atoms. The number of aliphatic carboxylic acids is 2. The molecule has 0 heterocycles. The normalized spacial score (nSPS) is 11.3. The molecule has 0 aliphatic rings. The summed E-state index contributed by atoms with van der Waals surface area (Å²) in [5, 5.41) is 47.4. The quantitative estimate of drug-likeness (QED) is 0.0430. The van der Waals surface area contributed by atoms with Crippen LogP contribution in [0.1, 0.15) is 73.4 Å². The summed E-state index contributed by atoms with van der Waals surface area (Å²) in [4.78, 5) is 34.4. The van der Waals surface area contributed by atoms with Gasteiger partial charge in [-0.25, -0.2) is 0 Å². The Morgan fingerprint density at radius 1 is 0.443 bits per heavy atom. The molecular formula is C54H52I12O12Si. The van der Waals surface area contributed by atoms with Crippen LogP contribution in [0.4, 0.5) is 0 Å². The maximum absolute atomic E-state index is 12.8. The fourth-order valence-electron chi connectivity index (χ4n) is 7.87. The zero-order valence-corrected chi connectivity index (χ0v) is 70.1. The van der Waals surface area contributed by atoms with E-state index in [0.29, 0.717) is 67.7 Å². The standard InChI is InChI=1S/C24H30I4O4Si.2C14H8I4O4.C2H6/c1-12(2)24(13(3)4,14(5)6)33-32-21(29)9-15-7-19(27)23(20(28)8-15)31-16-10-17(25)22(30)18(26)11-16;2*15-8-4-7(5-9(16)13(8)21)22-14-10(17)1-6(2-11(14)18)3-12(19)20;1-2/h7-8,10-14,30H,9,33H2,1-6H3;2*1-2,4-5,21H,3H2,(H,19,20);1-2H3/i;;;1D. The number of rotatable bonds is 17. The van der Waals surface area contributed by atoms with Gasteiger partial charge in [0.25, 0.3) is 5.97 Å². The van der Waals surface area contributed by atoms with Gasteiger partial charge in [0.15, 0.2) is 17.2 Å². The van der Waals surface area contributed by atoms with Crippen molar-refractivity contribution < 1.29 is 59.9 Å². The van der Waals surface area contributed by atoms with Crippen LogP contribution in [0.3, 0.4) is 0 Å². The van der Waals surface area contributed by atoms with Crippen molar-refractivity contribution in [3.63, 3.8) is 0 Å². The van der Waals surface area contributed by atoms with Gasteiger partial charge in [-0.05, 0) is 378 Å². The number of ether oxygens (including phenoxy) is 3. The monoisotopic (exact) mass is 2440 g/mol. The highest BCUT2D eigenvalue weighted by atomic mass is 127. The number of carboxylic acid groups (broad SMARTS) is 2. The minimum Gasteiger partial charge on any atom is -0.524 e. The van der Waals surface area contributed by atoms with Crippen molar-refractivity contribution in [1.82, 2.24) is 0 Å². The molecule has 0 aliphatic heterocycles. The predicted octanol–water partition coefficient (Wildman–Crippen LogP) is 19.4. The van der Waals surface area contributed by atoms with E-state index in [1.54, 1.807) is 31.2 Å². The number of aromatic hydroxyl groups is 3. The van der Waals surface area contributed by atoms with Crippen molar-refractivity contribution in [3.8, 4) is 51.7 Å². The third kappa shape index (κ3) is 22.6. The Kier molecular flexibility index (Phi) is 32.8. The first-order chi connectivity index (χ1) is 37.3. The second kappa shape index (κ2) is 35.5. The number of carbonyl (C=O) groups excluding carboxylic acids is 1. The van der Waals surface area contributed by atoms with Crippen LogP contribution >= 0.6 is 271 Å². The number of hydrogen-bond donors (Lipinski definition) is 5. The van der Waals surface area contributed by atoms with Gasteiger partial charge in [-0.3, -0.25) is 14.4 Å². The van der Waals surface area contributed by atoms with E-state index >= 15 is 0 Å². The van der Waals surface area contributed by atoms with E-state index in [2.05, 4.69) is 313 Å². The van der Waals surface area contributed by atoms with Crippen LogP contribution in [-0.4, -0.2) is 53.2 Å². The minimum atomic E-state index is -1.06. The van der Waals surface area contributed by atoms with E-state index in [0.717, 1.165) is 51.0 Å². The molecule has 0 atom stereocenters. The molecule has 6 rings (SSSR count). The van der Waals surface area contributed by atoms with Gasteiger partial charge in [0.2, 0.25) is 9.76 Å². The molecule has 0 spiro atoms. The molecule has 0 fully saturated rings. The zero-order chi connectivity index (χ0) is 60.7. The maximum atomic E-state index is 12.8. The molecule has 5 N–H and O–H groups in total. The molecule has 0 radical (unpaired) electrons. The smallest absolute Gasteiger partial charge is 0.307 e. The van der Waals surface area contributed by atoms with Crippen LogP contribution in [0, 0.1) is 60.6 Å². The zero-order valence-electron chi connectivity index (χ0n) is 43.8. The Morgan fingerprint density at radius 3 is 0.861 bits per heavy atom. The summed E-state index contributed by atoms with van der Waals surface area (Å²) in [7, 11) is -1.06. The molecule has 0 amide bonds. The first kappa shape index (κ1) is 73.0. The van der Waals surface area contributed by atoms with Gasteiger partial charge in [-0.1, -0.05) is 55.4 Å². The molecule has 428 valence electrons. The van der Waals surface area contributed by atoms with Crippen LogP contribution in [0.5, 0.6) is 51.7 Å². The summed E-state index contributed by atoms with van der Waals surface area (Å²) in [6.07, 6.45) is 0.237. The average Bonchev–Trinajstić information content (AvgIpc) is 3.32. The highest BCUT2D eigenvalue weighted by Crippen LogP contribution is 2.49. The van der Waals surface area contributed by atoms with Gasteiger partial charge >= 0.3 is 11.9 Å². The lowest BCUT2D eigenvalue weighted by Crippen LogP contribution is -2.39. The molecule has 0 saturated heterocycles. The average molecular weight is 2440 g/mol. The fraction of sp³-hybridized carbons (Fsp3) is 0.278. The third-order valence-corrected chi connectivity index (χ3v) is 24.7. The Hall–Kier alpha value is 1.51. The van der Waals surface area contributed by atoms with E-state index in [4.69, 9.17) is 30.2 Å². The lowest BCUT2D eigenvalue weighted by molar-refractivity contribution is -0.137. The van der Waals surface area contributed by atoms with Crippen molar-refractivity contribution in [2.45, 2.75) is 79.7 Å². The Bertz CT molecular complexity index is 2900. The first-order valence-corrected chi connectivity index (χ1v) is 37.4. The summed E-state index contributed by atoms with van der Waals surface area (Å²) in [6.45, 7) is 15.8.